The number of carbonyl (C=O) groups is 1. The van der Waals surface area contributed by atoms with Gasteiger partial charge < -0.3 is 9.64 Å². The Bertz CT molecular complexity index is 668. The molecule has 0 radical (unpaired) electrons. The standard InChI is InChI=1S/C18H20N2O2/c1-13(2)20(12-14-6-9-19-10-7-14)18(21)16-5-3-4-15-8-11-22-17(15)16/h3-7,9-10,13H,8,11-12H2,1-2H3. The average Bonchev–Trinajstić information content (AvgIpc) is 3.01. The molecule has 2 heterocycles. The summed E-state index contributed by atoms with van der Waals surface area (Å²) in [4.78, 5) is 18.9. The second kappa shape index (κ2) is 6.18. The van der Waals surface area contributed by atoms with Gasteiger partial charge in [-0.25, -0.2) is 0 Å². The molecule has 0 saturated carbocycles. The van der Waals surface area contributed by atoms with Crippen LogP contribution in [-0.2, 0) is 13.0 Å². The summed E-state index contributed by atoms with van der Waals surface area (Å²) >= 11 is 0. The Morgan fingerprint density at radius 2 is 2.05 bits per heavy atom. The van der Waals surface area contributed by atoms with Crippen LogP contribution in [0.1, 0.15) is 35.3 Å². The Morgan fingerprint density at radius 3 is 2.77 bits per heavy atom. The van der Waals surface area contributed by atoms with Gasteiger partial charge in [0.25, 0.3) is 5.91 Å². The zero-order valence-corrected chi connectivity index (χ0v) is 13.0. The van der Waals surface area contributed by atoms with Crippen LogP contribution in [0.2, 0.25) is 0 Å². The van der Waals surface area contributed by atoms with Crippen LogP contribution in [-0.4, -0.2) is 28.4 Å². The fourth-order valence-electron chi connectivity index (χ4n) is 2.71. The van der Waals surface area contributed by atoms with E-state index in [2.05, 4.69) is 4.98 Å². The normalized spacial score (nSPS) is 12.9. The number of hydrogen-bond donors (Lipinski definition) is 0. The molecule has 1 aromatic heterocycles. The maximum atomic E-state index is 13.0. The maximum Gasteiger partial charge on any atom is 0.258 e. The van der Waals surface area contributed by atoms with E-state index in [1.807, 2.05) is 49.1 Å². The first-order valence-corrected chi connectivity index (χ1v) is 7.61. The van der Waals surface area contributed by atoms with Crippen molar-refractivity contribution in [3.05, 3.63) is 59.4 Å². The number of ether oxygens (including phenoxy) is 1. The van der Waals surface area contributed by atoms with E-state index in [0.717, 1.165) is 23.3 Å². The molecule has 0 atom stereocenters. The number of fused-ring (bicyclic) bond motifs is 1. The monoisotopic (exact) mass is 296 g/mol. The average molecular weight is 296 g/mol. The van der Waals surface area contributed by atoms with E-state index in [4.69, 9.17) is 4.74 Å². The van der Waals surface area contributed by atoms with Crippen LogP contribution in [0.3, 0.4) is 0 Å². The minimum Gasteiger partial charge on any atom is -0.492 e. The van der Waals surface area contributed by atoms with Crippen LogP contribution in [0, 0.1) is 0 Å². The molecule has 0 N–H and O–H groups in total. The lowest BCUT2D eigenvalue weighted by atomic mass is 10.1. The topological polar surface area (TPSA) is 42.4 Å². The van der Waals surface area contributed by atoms with Crippen molar-refractivity contribution in [2.75, 3.05) is 6.61 Å². The van der Waals surface area contributed by atoms with Gasteiger partial charge in [0.15, 0.2) is 0 Å². The molecule has 0 unspecified atom stereocenters. The van der Waals surface area contributed by atoms with E-state index < -0.39 is 0 Å². The second-order valence-electron chi connectivity index (χ2n) is 5.77. The van der Waals surface area contributed by atoms with Crippen LogP contribution in [0.15, 0.2) is 42.7 Å². The first kappa shape index (κ1) is 14.6. The molecule has 4 heteroatoms. The molecule has 1 aromatic carbocycles. The molecule has 0 spiro atoms. The van der Waals surface area contributed by atoms with Gasteiger partial charge in [0.2, 0.25) is 0 Å². The summed E-state index contributed by atoms with van der Waals surface area (Å²) in [7, 11) is 0. The number of hydrogen-bond acceptors (Lipinski definition) is 3. The molecule has 1 aliphatic rings. The number of benzene rings is 1. The number of para-hydroxylation sites is 1. The molecule has 0 saturated heterocycles. The summed E-state index contributed by atoms with van der Waals surface area (Å²) < 4.78 is 5.67. The van der Waals surface area contributed by atoms with E-state index in [0.29, 0.717) is 18.7 Å². The summed E-state index contributed by atoms with van der Waals surface area (Å²) in [5, 5.41) is 0. The Balaban J connectivity index is 1.89. The highest BCUT2D eigenvalue weighted by Crippen LogP contribution is 2.31. The van der Waals surface area contributed by atoms with E-state index in [1.165, 1.54) is 0 Å². The van der Waals surface area contributed by atoms with Gasteiger partial charge in [0.1, 0.15) is 5.75 Å². The second-order valence-corrected chi connectivity index (χ2v) is 5.77. The van der Waals surface area contributed by atoms with E-state index in [-0.39, 0.29) is 11.9 Å². The summed E-state index contributed by atoms with van der Waals surface area (Å²) in [6.45, 7) is 5.29. The maximum absolute atomic E-state index is 13.0. The van der Waals surface area contributed by atoms with Gasteiger partial charge in [-0.3, -0.25) is 9.78 Å². The lowest BCUT2D eigenvalue weighted by molar-refractivity contribution is 0.0687. The van der Waals surface area contributed by atoms with E-state index in [9.17, 15) is 4.79 Å². The highest BCUT2D eigenvalue weighted by Gasteiger charge is 2.25. The third-order valence-electron chi connectivity index (χ3n) is 3.93. The lowest BCUT2D eigenvalue weighted by Gasteiger charge is -2.27. The molecule has 1 aliphatic heterocycles. The molecular weight excluding hydrogens is 276 g/mol. The molecule has 0 aliphatic carbocycles. The van der Waals surface area contributed by atoms with Crippen molar-refractivity contribution in [2.45, 2.75) is 32.9 Å². The van der Waals surface area contributed by atoms with Crippen molar-refractivity contribution in [2.24, 2.45) is 0 Å². The molecular formula is C18H20N2O2. The van der Waals surface area contributed by atoms with Crippen LogP contribution in [0.25, 0.3) is 0 Å². The Labute approximate surface area is 130 Å². The van der Waals surface area contributed by atoms with E-state index in [1.54, 1.807) is 12.4 Å². The molecule has 114 valence electrons. The van der Waals surface area contributed by atoms with Crippen LogP contribution < -0.4 is 4.74 Å². The van der Waals surface area contributed by atoms with Gasteiger partial charge in [-0.05, 0) is 43.2 Å². The third kappa shape index (κ3) is 2.82. The fourth-order valence-corrected chi connectivity index (χ4v) is 2.71. The lowest BCUT2D eigenvalue weighted by Crippen LogP contribution is -2.36. The fraction of sp³-hybridized carbons (Fsp3) is 0.333. The van der Waals surface area contributed by atoms with Crippen molar-refractivity contribution in [1.82, 2.24) is 9.88 Å². The molecule has 4 nitrogen and oxygen atoms in total. The number of amides is 1. The van der Waals surface area contributed by atoms with Crippen molar-refractivity contribution in [3.8, 4) is 5.75 Å². The predicted molar refractivity (Wildman–Crippen MR) is 84.9 cm³/mol. The molecule has 0 bridgehead atoms. The number of aromatic nitrogens is 1. The number of rotatable bonds is 4. The number of carbonyl (C=O) groups excluding carboxylic acids is 1. The zero-order chi connectivity index (χ0) is 15.5. The van der Waals surface area contributed by atoms with Crippen LogP contribution >= 0.6 is 0 Å². The van der Waals surface area contributed by atoms with Gasteiger partial charge in [-0.15, -0.1) is 0 Å². The zero-order valence-electron chi connectivity index (χ0n) is 13.0. The minimum atomic E-state index is 0.0190. The van der Waals surface area contributed by atoms with Crippen molar-refractivity contribution in [3.63, 3.8) is 0 Å². The predicted octanol–water partition coefficient (Wildman–Crippen LogP) is 3.07. The van der Waals surface area contributed by atoms with Gasteiger partial charge in [-0.1, -0.05) is 12.1 Å². The molecule has 1 amide bonds. The first-order valence-electron chi connectivity index (χ1n) is 7.61. The summed E-state index contributed by atoms with van der Waals surface area (Å²) in [5.41, 5.74) is 2.86. The molecule has 3 rings (SSSR count). The van der Waals surface area contributed by atoms with Crippen molar-refractivity contribution >= 4 is 5.91 Å². The van der Waals surface area contributed by atoms with Crippen molar-refractivity contribution < 1.29 is 9.53 Å². The molecule has 22 heavy (non-hydrogen) atoms. The van der Waals surface area contributed by atoms with Crippen LogP contribution in [0.4, 0.5) is 0 Å². The third-order valence-corrected chi connectivity index (χ3v) is 3.93. The quantitative estimate of drug-likeness (QED) is 0.871. The largest absolute Gasteiger partial charge is 0.492 e. The Morgan fingerprint density at radius 1 is 1.27 bits per heavy atom. The van der Waals surface area contributed by atoms with E-state index >= 15 is 0 Å². The first-order chi connectivity index (χ1) is 10.7. The highest BCUT2D eigenvalue weighted by atomic mass is 16.5. The summed E-state index contributed by atoms with van der Waals surface area (Å²) in [5.74, 6) is 0.776. The van der Waals surface area contributed by atoms with Crippen LogP contribution in [0.5, 0.6) is 5.75 Å². The molecule has 0 fully saturated rings. The van der Waals surface area contributed by atoms with Gasteiger partial charge in [-0.2, -0.15) is 0 Å². The number of nitrogens with zero attached hydrogens (tertiary/aromatic N) is 2. The summed E-state index contributed by atoms with van der Waals surface area (Å²) in [6, 6.07) is 9.81. The Hall–Kier alpha value is -2.36. The SMILES string of the molecule is CC(C)N(Cc1ccncc1)C(=O)c1cccc2c1OCC2. The molecule has 2 aromatic rings. The smallest absolute Gasteiger partial charge is 0.258 e. The minimum absolute atomic E-state index is 0.0190. The number of pyridine rings is 1. The van der Waals surface area contributed by atoms with Gasteiger partial charge >= 0.3 is 0 Å². The van der Waals surface area contributed by atoms with Gasteiger partial charge in [0, 0.05) is 31.4 Å². The van der Waals surface area contributed by atoms with Gasteiger partial charge in [0.05, 0.1) is 12.2 Å². The Kier molecular flexibility index (Phi) is 4.09. The van der Waals surface area contributed by atoms with Crippen molar-refractivity contribution in [1.29, 1.82) is 0 Å². The highest BCUT2D eigenvalue weighted by molar-refractivity contribution is 5.97. The summed E-state index contributed by atoms with van der Waals surface area (Å²) in [6.07, 6.45) is 4.38.